The highest BCUT2D eigenvalue weighted by Crippen LogP contribution is 2.40. The molecule has 0 bridgehead atoms. The van der Waals surface area contributed by atoms with Gasteiger partial charge in [0, 0.05) is 17.5 Å². The van der Waals surface area contributed by atoms with E-state index in [0.29, 0.717) is 29.2 Å². The van der Waals surface area contributed by atoms with Crippen molar-refractivity contribution in [2.24, 2.45) is 0 Å². The molecule has 2 heterocycles. The number of allylic oxidation sites excluding steroid dienone is 1. The van der Waals surface area contributed by atoms with Crippen LogP contribution in [0, 0.1) is 6.92 Å². The lowest BCUT2D eigenvalue weighted by atomic mass is 10.0. The second-order valence-corrected chi connectivity index (χ2v) is 6.53. The predicted molar refractivity (Wildman–Crippen MR) is 87.5 cm³/mol. The van der Waals surface area contributed by atoms with E-state index in [1.165, 1.54) is 0 Å². The van der Waals surface area contributed by atoms with Crippen molar-refractivity contribution in [2.45, 2.75) is 13.5 Å². The van der Waals surface area contributed by atoms with Crippen LogP contribution in [0.1, 0.15) is 26.4 Å². The number of phenols is 1. The van der Waals surface area contributed by atoms with Gasteiger partial charge in [0.15, 0.2) is 5.76 Å². The van der Waals surface area contributed by atoms with E-state index in [2.05, 4.69) is 0 Å². The summed E-state index contributed by atoms with van der Waals surface area (Å²) in [5, 5.41) is 12.0. The number of rotatable bonds is 3. The second-order valence-electron chi connectivity index (χ2n) is 5.59. The average molecular weight is 315 g/mol. The van der Waals surface area contributed by atoms with Crippen LogP contribution in [-0.2, 0) is 6.54 Å². The zero-order valence-corrected chi connectivity index (χ0v) is 13.5. The van der Waals surface area contributed by atoms with Gasteiger partial charge in [-0.15, -0.1) is 11.3 Å². The number of carbonyl (C=O) groups is 1. The van der Waals surface area contributed by atoms with Crippen LogP contribution in [0.4, 0.5) is 0 Å². The highest BCUT2D eigenvalue weighted by molar-refractivity contribution is 7.11. The highest BCUT2D eigenvalue weighted by Gasteiger charge is 2.31. The minimum Gasteiger partial charge on any atom is -0.507 e. The van der Waals surface area contributed by atoms with Gasteiger partial charge >= 0.3 is 0 Å². The number of benzene rings is 1. The Morgan fingerprint density at radius 2 is 2.09 bits per heavy atom. The first-order valence-electron chi connectivity index (χ1n) is 6.95. The summed E-state index contributed by atoms with van der Waals surface area (Å²) in [5.41, 5.74) is 2.26. The number of ether oxygens (including phenoxy) is 1. The molecule has 2 aromatic rings. The summed E-state index contributed by atoms with van der Waals surface area (Å²) in [6.45, 7) is 2.51. The predicted octanol–water partition coefficient (Wildman–Crippen LogP) is 3.44. The number of nitrogens with zero attached hydrogens (tertiary/aromatic N) is 1. The fraction of sp³-hybridized carbons (Fsp3) is 0.235. The maximum absolute atomic E-state index is 12.5. The third-order valence-electron chi connectivity index (χ3n) is 3.55. The molecule has 0 amide bonds. The summed E-state index contributed by atoms with van der Waals surface area (Å²) in [7, 11) is 3.81. The van der Waals surface area contributed by atoms with Gasteiger partial charge in [-0.3, -0.25) is 4.79 Å². The summed E-state index contributed by atoms with van der Waals surface area (Å²) in [6.07, 6.45) is 1.78. The first-order chi connectivity index (χ1) is 10.5. The van der Waals surface area contributed by atoms with E-state index >= 15 is 0 Å². The van der Waals surface area contributed by atoms with Crippen LogP contribution in [0.2, 0.25) is 0 Å². The second kappa shape index (κ2) is 5.59. The van der Waals surface area contributed by atoms with Crippen molar-refractivity contribution in [3.63, 3.8) is 0 Å². The van der Waals surface area contributed by atoms with E-state index in [1.807, 2.05) is 37.4 Å². The number of aromatic hydroxyl groups is 1. The van der Waals surface area contributed by atoms with Crippen molar-refractivity contribution >= 4 is 23.2 Å². The highest BCUT2D eigenvalue weighted by atomic mass is 32.1. The Morgan fingerprint density at radius 1 is 1.32 bits per heavy atom. The van der Waals surface area contributed by atoms with E-state index in [4.69, 9.17) is 4.74 Å². The molecule has 3 rings (SSSR count). The number of ketones is 1. The molecule has 0 atom stereocenters. The number of thiophene rings is 1. The van der Waals surface area contributed by atoms with Gasteiger partial charge in [-0.25, -0.2) is 0 Å². The lowest BCUT2D eigenvalue weighted by Crippen LogP contribution is -2.11. The van der Waals surface area contributed by atoms with Crippen LogP contribution < -0.4 is 4.74 Å². The molecule has 1 aromatic heterocycles. The summed E-state index contributed by atoms with van der Waals surface area (Å²) in [4.78, 5) is 15.4. The lowest BCUT2D eigenvalue weighted by molar-refractivity contribution is 0.101. The Hall–Kier alpha value is -2.11. The zero-order valence-electron chi connectivity index (χ0n) is 12.7. The Labute approximate surface area is 133 Å². The van der Waals surface area contributed by atoms with E-state index < -0.39 is 0 Å². The molecule has 0 spiro atoms. The third kappa shape index (κ3) is 2.53. The standard InChI is InChI=1S/C17H17NO3S/c1-10-6-7-22-15(10)8-14-16(20)11-4-5-13(19)12(9-18(2)3)17(11)21-14/h4-8,19H,9H2,1-3H3/b14-8-. The van der Waals surface area contributed by atoms with Gasteiger partial charge in [0.2, 0.25) is 5.78 Å². The van der Waals surface area contributed by atoms with Crippen LogP contribution in [0.5, 0.6) is 11.5 Å². The van der Waals surface area contributed by atoms with Crippen molar-refractivity contribution in [1.29, 1.82) is 0 Å². The molecule has 0 saturated heterocycles. The van der Waals surface area contributed by atoms with Crippen LogP contribution in [0.3, 0.4) is 0 Å². The Kier molecular flexibility index (Phi) is 3.76. The number of aryl methyl sites for hydroxylation is 1. The quantitative estimate of drug-likeness (QED) is 0.882. The summed E-state index contributed by atoms with van der Waals surface area (Å²) >= 11 is 1.57. The topological polar surface area (TPSA) is 49.8 Å². The molecule has 1 aliphatic heterocycles. The van der Waals surface area contributed by atoms with Gasteiger partial charge in [0.05, 0.1) is 11.1 Å². The summed E-state index contributed by atoms with van der Waals surface area (Å²) in [6, 6.07) is 5.18. The molecule has 114 valence electrons. The van der Waals surface area contributed by atoms with Crippen molar-refractivity contribution in [1.82, 2.24) is 4.90 Å². The van der Waals surface area contributed by atoms with Gasteiger partial charge in [0.25, 0.3) is 0 Å². The molecular formula is C17H17NO3S. The van der Waals surface area contributed by atoms with Crippen LogP contribution in [0.15, 0.2) is 29.3 Å². The number of Topliss-reactive ketones (excluding diaryl/α,β-unsaturated/α-hetero) is 1. The lowest BCUT2D eigenvalue weighted by Gasteiger charge is -2.13. The molecule has 5 heteroatoms. The monoisotopic (exact) mass is 315 g/mol. The summed E-state index contributed by atoms with van der Waals surface area (Å²) in [5.74, 6) is 0.793. The van der Waals surface area contributed by atoms with Gasteiger partial charge < -0.3 is 14.7 Å². The maximum atomic E-state index is 12.5. The first kappa shape index (κ1) is 14.8. The summed E-state index contributed by atoms with van der Waals surface area (Å²) < 4.78 is 5.79. The number of carbonyl (C=O) groups excluding carboxylic acids is 1. The van der Waals surface area contributed by atoms with Gasteiger partial charge in [-0.2, -0.15) is 0 Å². The van der Waals surface area contributed by atoms with Gasteiger partial charge in [-0.1, -0.05) is 0 Å². The van der Waals surface area contributed by atoms with E-state index in [1.54, 1.807) is 29.5 Å². The Bertz CT molecular complexity index is 774. The molecule has 0 radical (unpaired) electrons. The van der Waals surface area contributed by atoms with Crippen molar-refractivity contribution in [3.05, 3.63) is 50.9 Å². The van der Waals surface area contributed by atoms with E-state index in [0.717, 1.165) is 10.4 Å². The molecule has 22 heavy (non-hydrogen) atoms. The first-order valence-corrected chi connectivity index (χ1v) is 7.83. The largest absolute Gasteiger partial charge is 0.507 e. The van der Waals surface area contributed by atoms with Crippen molar-refractivity contribution in [3.8, 4) is 11.5 Å². The number of phenolic OH excluding ortho intramolecular Hbond substituents is 1. The molecule has 0 aliphatic carbocycles. The SMILES string of the molecule is Cc1ccsc1/C=C1\Oc2c(ccc(O)c2CN(C)C)C1=O. The molecule has 0 fully saturated rings. The van der Waals surface area contributed by atoms with E-state index in [-0.39, 0.29) is 11.5 Å². The van der Waals surface area contributed by atoms with Crippen LogP contribution in [0.25, 0.3) is 6.08 Å². The molecular weight excluding hydrogens is 298 g/mol. The van der Waals surface area contributed by atoms with Gasteiger partial charge in [-0.05, 0) is 50.2 Å². The average Bonchev–Trinajstić information content (AvgIpc) is 2.99. The molecule has 0 unspecified atom stereocenters. The third-order valence-corrected chi connectivity index (χ3v) is 4.52. The maximum Gasteiger partial charge on any atom is 0.232 e. The minimum absolute atomic E-state index is 0.136. The number of hydrogen-bond acceptors (Lipinski definition) is 5. The number of fused-ring (bicyclic) bond motifs is 1. The Morgan fingerprint density at radius 3 is 2.73 bits per heavy atom. The normalized spacial score (nSPS) is 15.5. The fourth-order valence-corrected chi connectivity index (χ4v) is 3.27. The molecule has 4 nitrogen and oxygen atoms in total. The minimum atomic E-state index is -0.136. The van der Waals surface area contributed by atoms with E-state index in [9.17, 15) is 9.90 Å². The molecule has 0 saturated carbocycles. The number of hydrogen-bond donors (Lipinski definition) is 1. The molecule has 1 aromatic carbocycles. The Balaban J connectivity index is 2.04. The zero-order chi connectivity index (χ0) is 15.9. The smallest absolute Gasteiger partial charge is 0.232 e. The molecule has 1 aliphatic rings. The van der Waals surface area contributed by atoms with Crippen LogP contribution >= 0.6 is 11.3 Å². The van der Waals surface area contributed by atoms with Crippen LogP contribution in [-0.4, -0.2) is 29.9 Å². The molecule has 1 N–H and O–H groups in total. The van der Waals surface area contributed by atoms with Crippen molar-refractivity contribution in [2.75, 3.05) is 14.1 Å². The van der Waals surface area contributed by atoms with Crippen molar-refractivity contribution < 1.29 is 14.6 Å². The van der Waals surface area contributed by atoms with Gasteiger partial charge in [0.1, 0.15) is 11.5 Å². The fourth-order valence-electron chi connectivity index (χ4n) is 2.42.